The Hall–Kier alpha value is -1.13. The first-order valence-corrected chi connectivity index (χ1v) is 14.5. The van der Waals surface area contributed by atoms with Gasteiger partial charge in [0, 0.05) is 0 Å². The number of aromatic hydroxyl groups is 2. The quantitative estimate of drug-likeness (QED) is 0.185. The van der Waals surface area contributed by atoms with Gasteiger partial charge in [-0.1, -0.05) is 0 Å². The van der Waals surface area contributed by atoms with E-state index in [1.165, 1.54) is 0 Å². The second kappa shape index (κ2) is 7.93. The Kier molecular flexibility index (Phi) is 6.21. The molecule has 6 nitrogen and oxygen atoms in total. The number of phenols is 2. The standard InChI is InChI=1S/C13H14As2N2O4S/c16-10-5-8(1-3-12(10)18)14-15-9-2-4-13(19)11(6-9)17-7-22(20)21/h1-6,17-19H,7,16H2,(H,20,21). The van der Waals surface area contributed by atoms with Gasteiger partial charge in [-0.25, -0.2) is 0 Å². The third-order valence-corrected chi connectivity index (χ3v) is 11.5. The molecule has 0 heterocycles. The molecule has 0 amide bonds. The van der Waals surface area contributed by atoms with Gasteiger partial charge < -0.3 is 0 Å². The summed E-state index contributed by atoms with van der Waals surface area (Å²) >= 11 is -2.16. The third kappa shape index (κ3) is 4.95. The summed E-state index contributed by atoms with van der Waals surface area (Å²) < 4.78 is 21.7. The number of nitrogen functional groups attached to an aromatic ring is 1. The van der Waals surface area contributed by atoms with E-state index in [-0.39, 0.29) is 43.7 Å². The van der Waals surface area contributed by atoms with Crippen molar-refractivity contribution in [3.8, 4) is 11.5 Å². The molecule has 2 rings (SSSR count). The molecule has 2 aromatic rings. The number of rotatable bonds is 5. The molecule has 2 aromatic carbocycles. The second-order valence-electron chi connectivity index (χ2n) is 4.29. The van der Waals surface area contributed by atoms with E-state index >= 15 is 0 Å². The van der Waals surface area contributed by atoms with Crippen LogP contribution in [-0.2, 0) is 11.1 Å². The van der Waals surface area contributed by atoms with Gasteiger partial charge in [-0.05, 0) is 0 Å². The van der Waals surface area contributed by atoms with Crippen LogP contribution >= 0.6 is 0 Å². The molecule has 0 saturated carbocycles. The van der Waals surface area contributed by atoms with Crippen molar-refractivity contribution in [2.45, 2.75) is 0 Å². The number of benzene rings is 2. The van der Waals surface area contributed by atoms with E-state index in [4.69, 9.17) is 10.3 Å². The van der Waals surface area contributed by atoms with Crippen LogP contribution in [0.4, 0.5) is 11.4 Å². The summed E-state index contributed by atoms with van der Waals surface area (Å²) in [4.78, 5) is 0. The number of nitrogens with two attached hydrogens (primary N) is 1. The van der Waals surface area contributed by atoms with E-state index in [1.807, 2.05) is 18.2 Å². The van der Waals surface area contributed by atoms with Crippen LogP contribution in [-0.4, -0.2) is 51.1 Å². The van der Waals surface area contributed by atoms with E-state index < -0.39 is 11.1 Å². The van der Waals surface area contributed by atoms with Gasteiger partial charge in [-0.15, -0.1) is 0 Å². The van der Waals surface area contributed by atoms with Crippen LogP contribution in [0, 0.1) is 0 Å². The number of nitrogens with one attached hydrogen (secondary N) is 1. The van der Waals surface area contributed by atoms with E-state index in [0.717, 1.165) is 8.70 Å². The number of hydrogen-bond donors (Lipinski definition) is 5. The van der Waals surface area contributed by atoms with Gasteiger partial charge in [0.15, 0.2) is 0 Å². The van der Waals surface area contributed by atoms with E-state index in [1.54, 1.807) is 18.2 Å². The molecule has 0 bridgehead atoms. The van der Waals surface area contributed by atoms with Crippen molar-refractivity contribution in [1.82, 2.24) is 0 Å². The molecule has 9 heteroatoms. The summed E-state index contributed by atoms with van der Waals surface area (Å²) in [7, 11) is 0. The SMILES string of the molecule is Nc1cc([As]=[As]c2ccc(O)c(NCS(=O)O)c2)ccc1O. The molecule has 6 N–H and O–H groups in total. The topological polar surface area (TPSA) is 116 Å². The first-order chi connectivity index (χ1) is 10.5. The average molecular weight is 444 g/mol. The van der Waals surface area contributed by atoms with Crippen molar-refractivity contribution >= 4 is 57.4 Å². The van der Waals surface area contributed by atoms with Crippen molar-refractivity contribution in [3.63, 3.8) is 0 Å². The molecular formula is C13H14As2N2O4S. The van der Waals surface area contributed by atoms with Gasteiger partial charge in [0.25, 0.3) is 0 Å². The molecule has 0 spiro atoms. The van der Waals surface area contributed by atoms with Crippen molar-refractivity contribution in [2.24, 2.45) is 0 Å². The van der Waals surface area contributed by atoms with Crippen LogP contribution < -0.4 is 19.8 Å². The van der Waals surface area contributed by atoms with Crippen LogP contribution in [0.5, 0.6) is 11.5 Å². The Balaban J connectivity index is 2.18. The van der Waals surface area contributed by atoms with Gasteiger partial charge in [0.2, 0.25) is 0 Å². The van der Waals surface area contributed by atoms with Gasteiger partial charge in [-0.2, -0.15) is 0 Å². The minimum absolute atomic E-state index is 0.0560. The fraction of sp³-hybridized carbons (Fsp3) is 0.0769. The summed E-state index contributed by atoms with van der Waals surface area (Å²) in [5.41, 5.74) is 6.52. The summed E-state index contributed by atoms with van der Waals surface area (Å²) in [6.45, 7) is 0. The Morgan fingerprint density at radius 1 is 1.05 bits per heavy atom. The molecule has 22 heavy (non-hydrogen) atoms. The maximum atomic E-state index is 10.7. The zero-order valence-corrected chi connectivity index (χ0v) is 15.9. The predicted octanol–water partition coefficient (Wildman–Crippen LogP) is -0.455. The summed E-state index contributed by atoms with van der Waals surface area (Å²) in [5, 5.41) is 21.9. The van der Waals surface area contributed by atoms with E-state index in [9.17, 15) is 14.4 Å². The fourth-order valence-corrected chi connectivity index (χ4v) is 8.98. The summed E-state index contributed by atoms with van der Waals surface area (Å²) in [6.07, 6.45) is 0. The second-order valence-corrected chi connectivity index (χ2v) is 12.6. The summed E-state index contributed by atoms with van der Waals surface area (Å²) in [5.74, 6) is 0.0188. The van der Waals surface area contributed by atoms with Crippen molar-refractivity contribution in [1.29, 1.82) is 0 Å². The molecule has 1 unspecified atom stereocenters. The average Bonchev–Trinajstić information content (AvgIpc) is 2.48. The normalized spacial score (nSPS) is 12.4. The molecule has 0 aliphatic rings. The van der Waals surface area contributed by atoms with Crippen molar-refractivity contribution in [2.75, 3.05) is 16.9 Å². The summed E-state index contributed by atoms with van der Waals surface area (Å²) in [6, 6.07) is 10.5. The monoisotopic (exact) mass is 444 g/mol. The van der Waals surface area contributed by atoms with Crippen LogP contribution in [0.2, 0.25) is 0 Å². The molecule has 0 radical (unpaired) electrons. The number of phenolic OH excluding ortho intramolecular Hbond substituents is 2. The van der Waals surface area contributed by atoms with Gasteiger partial charge in [-0.3, -0.25) is 0 Å². The van der Waals surface area contributed by atoms with Gasteiger partial charge >= 0.3 is 141 Å². The van der Waals surface area contributed by atoms with Gasteiger partial charge in [0.05, 0.1) is 0 Å². The molecule has 116 valence electrons. The third-order valence-electron chi connectivity index (χ3n) is 2.66. The molecule has 0 fully saturated rings. The van der Waals surface area contributed by atoms with Crippen LogP contribution in [0.25, 0.3) is 0 Å². The van der Waals surface area contributed by atoms with E-state index in [2.05, 4.69) is 5.32 Å². The zero-order chi connectivity index (χ0) is 16.1. The zero-order valence-electron chi connectivity index (χ0n) is 11.3. The fourth-order valence-electron chi connectivity index (χ4n) is 1.59. The Labute approximate surface area is 141 Å². The molecule has 0 aliphatic carbocycles. The van der Waals surface area contributed by atoms with Crippen LogP contribution in [0.1, 0.15) is 0 Å². The first-order valence-electron chi connectivity index (χ1n) is 6.10. The maximum absolute atomic E-state index is 10.7. The molecule has 0 saturated heterocycles. The first kappa shape index (κ1) is 17.2. The van der Waals surface area contributed by atoms with Gasteiger partial charge in [0.1, 0.15) is 0 Å². The van der Waals surface area contributed by atoms with Crippen LogP contribution in [0.15, 0.2) is 36.4 Å². The van der Waals surface area contributed by atoms with Crippen LogP contribution in [0.3, 0.4) is 0 Å². The minimum atomic E-state index is -1.97. The van der Waals surface area contributed by atoms with Crippen molar-refractivity contribution < 1.29 is 19.0 Å². The van der Waals surface area contributed by atoms with Crippen molar-refractivity contribution in [3.05, 3.63) is 36.4 Å². The molecule has 0 aromatic heterocycles. The number of hydrogen-bond acceptors (Lipinski definition) is 5. The predicted molar refractivity (Wildman–Crippen MR) is 90.7 cm³/mol. The molecule has 0 aliphatic heterocycles. The Bertz CT molecular complexity index is 740. The molecular weight excluding hydrogens is 430 g/mol. The Morgan fingerprint density at radius 2 is 1.64 bits per heavy atom. The van der Waals surface area contributed by atoms with E-state index in [0.29, 0.717) is 11.4 Å². The number of anilines is 2. The Morgan fingerprint density at radius 3 is 2.23 bits per heavy atom. The molecule has 1 atom stereocenters.